The number of halogens is 1. The van der Waals surface area contributed by atoms with Crippen LogP contribution < -0.4 is 0 Å². The minimum Gasteiger partial charge on any atom is -0.480 e. The molecule has 0 spiro atoms. The Balaban J connectivity index is 4.73. The van der Waals surface area contributed by atoms with E-state index in [1.165, 1.54) is 6.92 Å². The van der Waals surface area contributed by atoms with Crippen molar-refractivity contribution < 1.29 is 19.4 Å². The largest absolute Gasteiger partial charge is 0.480 e. The molecule has 0 amide bonds. The summed E-state index contributed by atoms with van der Waals surface area (Å²) in [4.78, 5) is 22.4. The van der Waals surface area contributed by atoms with Crippen LogP contribution in [0.3, 0.4) is 0 Å². The minimum absolute atomic E-state index is 0.189. The maximum Gasteiger partial charge on any atom is 0.324 e. The van der Waals surface area contributed by atoms with Crippen LogP contribution in [0.1, 0.15) is 27.7 Å². The summed E-state index contributed by atoms with van der Waals surface area (Å²) < 4.78 is 5.22. The lowest BCUT2D eigenvalue weighted by atomic mass is 9.94. The van der Waals surface area contributed by atoms with E-state index in [2.05, 4.69) is 0 Å². The fraction of sp³-hybridized carbons (Fsp3) is 0.778. The second-order valence-electron chi connectivity index (χ2n) is 4.27. The number of carbonyl (C=O) groups is 2. The summed E-state index contributed by atoms with van der Waals surface area (Å²) in [5.74, 6) is -1.84. The van der Waals surface area contributed by atoms with E-state index in [0.717, 1.165) is 0 Å². The molecule has 0 aliphatic carbocycles. The monoisotopic (exact) mass is 314 g/mol. The first-order valence-electron chi connectivity index (χ1n) is 4.16. The van der Waals surface area contributed by atoms with Gasteiger partial charge < -0.3 is 9.84 Å². The van der Waals surface area contributed by atoms with Gasteiger partial charge in [-0.2, -0.15) is 0 Å². The molecule has 0 radical (unpaired) electrons. The molecule has 0 saturated heterocycles. The molecule has 0 aromatic carbocycles. The van der Waals surface area contributed by atoms with E-state index in [1.54, 1.807) is 20.8 Å². The highest BCUT2D eigenvalue weighted by Gasteiger charge is 2.43. The van der Waals surface area contributed by atoms with E-state index >= 15 is 0 Å². The molecule has 5 heteroatoms. The summed E-state index contributed by atoms with van der Waals surface area (Å²) in [5, 5.41) is 8.89. The molecule has 0 aromatic rings. The molecule has 1 atom stereocenters. The average molecular weight is 314 g/mol. The van der Waals surface area contributed by atoms with E-state index in [0.29, 0.717) is 0 Å². The molecule has 0 heterocycles. The fourth-order valence-electron chi connectivity index (χ4n) is 0.590. The molecule has 0 aromatic heterocycles. The maximum absolute atomic E-state index is 11.5. The van der Waals surface area contributed by atoms with Crippen LogP contribution in [-0.4, -0.2) is 27.1 Å². The third-order valence-electron chi connectivity index (χ3n) is 1.59. The Labute approximate surface area is 97.2 Å². The van der Waals surface area contributed by atoms with Gasteiger partial charge in [0.1, 0.15) is 5.60 Å². The number of alkyl halides is 1. The molecule has 0 rings (SSSR count). The quantitative estimate of drug-likeness (QED) is 0.374. The van der Waals surface area contributed by atoms with Gasteiger partial charge in [-0.3, -0.25) is 9.59 Å². The third-order valence-corrected chi connectivity index (χ3v) is 3.11. The molecule has 0 unspecified atom stereocenters. The summed E-state index contributed by atoms with van der Waals surface area (Å²) in [6, 6.07) is 0. The zero-order valence-corrected chi connectivity index (χ0v) is 10.9. The van der Waals surface area contributed by atoms with Gasteiger partial charge in [0.15, 0.2) is 5.41 Å². The molecule has 82 valence electrons. The lowest BCUT2D eigenvalue weighted by molar-refractivity contribution is -0.173. The standard InChI is InChI=1S/C9H15IO4/c1-8(2,3)14-7(13)9(4,5-10)6(11)12/h5H2,1-4H3,(H,11,12)/t9-/m1/s1. The molecular weight excluding hydrogens is 299 g/mol. The zero-order valence-electron chi connectivity index (χ0n) is 8.76. The van der Waals surface area contributed by atoms with Gasteiger partial charge in [0.2, 0.25) is 0 Å². The van der Waals surface area contributed by atoms with Crippen molar-refractivity contribution in [2.75, 3.05) is 4.43 Å². The molecule has 1 N–H and O–H groups in total. The summed E-state index contributed by atoms with van der Waals surface area (Å²) in [6.07, 6.45) is 0. The minimum atomic E-state index is -1.45. The van der Waals surface area contributed by atoms with Crippen molar-refractivity contribution >= 4 is 34.5 Å². The van der Waals surface area contributed by atoms with E-state index in [9.17, 15) is 9.59 Å². The number of aliphatic carboxylic acids is 1. The Morgan fingerprint density at radius 2 is 1.71 bits per heavy atom. The van der Waals surface area contributed by atoms with Crippen molar-refractivity contribution in [2.45, 2.75) is 33.3 Å². The van der Waals surface area contributed by atoms with Crippen molar-refractivity contribution in [3.63, 3.8) is 0 Å². The smallest absolute Gasteiger partial charge is 0.324 e. The van der Waals surface area contributed by atoms with Crippen LogP contribution in [0.25, 0.3) is 0 Å². The molecular formula is C9H15IO4. The van der Waals surface area contributed by atoms with Crippen molar-refractivity contribution in [3.8, 4) is 0 Å². The SMILES string of the molecule is CC(C)(C)OC(=O)[C@](C)(CI)C(=O)O. The van der Waals surface area contributed by atoms with Crippen LogP contribution in [0.4, 0.5) is 0 Å². The highest BCUT2D eigenvalue weighted by Crippen LogP contribution is 2.24. The second-order valence-corrected chi connectivity index (χ2v) is 5.04. The summed E-state index contributed by atoms with van der Waals surface area (Å²) in [6.45, 7) is 6.50. The van der Waals surface area contributed by atoms with Gasteiger partial charge in [-0.05, 0) is 27.7 Å². The van der Waals surface area contributed by atoms with E-state index in [4.69, 9.17) is 9.84 Å². The lowest BCUT2D eigenvalue weighted by Gasteiger charge is -2.26. The van der Waals surface area contributed by atoms with Crippen LogP contribution in [0.2, 0.25) is 0 Å². The number of ether oxygens (including phenoxy) is 1. The Bertz CT molecular complexity index is 244. The third kappa shape index (κ3) is 3.43. The van der Waals surface area contributed by atoms with Gasteiger partial charge in [-0.25, -0.2) is 0 Å². The van der Waals surface area contributed by atoms with Crippen molar-refractivity contribution in [3.05, 3.63) is 0 Å². The molecule has 0 aliphatic rings. The molecule has 0 fully saturated rings. The normalized spacial score (nSPS) is 15.8. The van der Waals surface area contributed by atoms with Crippen molar-refractivity contribution in [1.82, 2.24) is 0 Å². The predicted molar refractivity (Wildman–Crippen MR) is 60.5 cm³/mol. The van der Waals surface area contributed by atoms with Gasteiger partial charge in [0.05, 0.1) is 0 Å². The number of carbonyl (C=O) groups excluding carboxylic acids is 1. The predicted octanol–water partition coefficient (Wildman–Crippen LogP) is 1.85. The maximum atomic E-state index is 11.5. The number of hydrogen-bond donors (Lipinski definition) is 1. The number of carboxylic acids is 1. The number of rotatable bonds is 3. The van der Waals surface area contributed by atoms with Crippen molar-refractivity contribution in [1.29, 1.82) is 0 Å². The van der Waals surface area contributed by atoms with Gasteiger partial charge in [0.25, 0.3) is 0 Å². The highest BCUT2D eigenvalue weighted by atomic mass is 127. The zero-order chi connectivity index (χ0) is 11.6. The van der Waals surface area contributed by atoms with E-state index < -0.39 is 23.0 Å². The average Bonchev–Trinajstić information content (AvgIpc) is 1.99. The Morgan fingerprint density at radius 3 is 1.93 bits per heavy atom. The first-order chi connectivity index (χ1) is 6.13. The van der Waals surface area contributed by atoms with Crippen LogP contribution in [-0.2, 0) is 14.3 Å². The molecule has 4 nitrogen and oxygen atoms in total. The topological polar surface area (TPSA) is 63.6 Å². The number of carboxylic acid groups (broad SMARTS) is 1. The van der Waals surface area contributed by atoms with Gasteiger partial charge >= 0.3 is 11.9 Å². The number of hydrogen-bond acceptors (Lipinski definition) is 3. The molecule has 0 saturated carbocycles. The highest BCUT2D eigenvalue weighted by molar-refractivity contribution is 14.1. The molecule has 0 aliphatic heterocycles. The fourth-order valence-corrected chi connectivity index (χ4v) is 1.23. The molecule has 14 heavy (non-hydrogen) atoms. The summed E-state index contributed by atoms with van der Waals surface area (Å²) in [7, 11) is 0. The first kappa shape index (κ1) is 13.7. The van der Waals surface area contributed by atoms with Gasteiger partial charge in [-0.15, -0.1) is 0 Å². The Morgan fingerprint density at radius 1 is 1.29 bits per heavy atom. The van der Waals surface area contributed by atoms with E-state index in [-0.39, 0.29) is 4.43 Å². The number of esters is 1. The molecule has 0 bridgehead atoms. The second kappa shape index (κ2) is 4.46. The van der Waals surface area contributed by atoms with Crippen LogP contribution in [0, 0.1) is 5.41 Å². The lowest BCUT2D eigenvalue weighted by Crippen LogP contribution is -2.42. The Kier molecular flexibility index (Phi) is 4.35. The first-order valence-corrected chi connectivity index (χ1v) is 5.69. The summed E-state index contributed by atoms with van der Waals surface area (Å²) in [5.41, 5.74) is -2.10. The van der Waals surface area contributed by atoms with Gasteiger partial charge in [0, 0.05) is 4.43 Å². The van der Waals surface area contributed by atoms with Gasteiger partial charge in [-0.1, -0.05) is 22.6 Å². The van der Waals surface area contributed by atoms with Crippen LogP contribution in [0.15, 0.2) is 0 Å². The Hall–Kier alpha value is -0.330. The van der Waals surface area contributed by atoms with Crippen molar-refractivity contribution in [2.24, 2.45) is 5.41 Å². The van der Waals surface area contributed by atoms with Crippen LogP contribution >= 0.6 is 22.6 Å². The van der Waals surface area contributed by atoms with Crippen LogP contribution in [0.5, 0.6) is 0 Å². The summed E-state index contributed by atoms with van der Waals surface area (Å²) >= 11 is 1.87. The van der Waals surface area contributed by atoms with E-state index in [1.807, 2.05) is 22.6 Å².